The van der Waals surface area contributed by atoms with Crippen LogP contribution >= 0.6 is 22.9 Å². The van der Waals surface area contributed by atoms with Crippen molar-refractivity contribution in [1.82, 2.24) is 30.5 Å². The Morgan fingerprint density at radius 2 is 1.90 bits per heavy atom. The number of hydrogen-bond acceptors (Lipinski definition) is 9. The standard InChI is InChI=1S/C26H33ClN6O5S/c1-15(2)32-9-7-17(8-10-32)29-26(36)20-12-19(25(35)28-13-24(34)37-16(3)4)30-33(20)14-18-11-21(38-31-18)22-5-6-23(27)39-22/h5-6,11-12,15-17H,7-10,13-14H2,1-4H3,(H,28,35)(H,29,36). The molecule has 210 valence electrons. The van der Waals surface area contributed by atoms with E-state index in [2.05, 4.69) is 39.6 Å². The van der Waals surface area contributed by atoms with E-state index in [1.165, 1.54) is 22.1 Å². The fraction of sp³-hybridized carbons (Fsp3) is 0.500. The van der Waals surface area contributed by atoms with Gasteiger partial charge in [0.25, 0.3) is 11.8 Å². The minimum Gasteiger partial charge on any atom is -0.462 e. The van der Waals surface area contributed by atoms with Crippen LogP contribution in [0.25, 0.3) is 10.6 Å². The molecule has 2 N–H and O–H groups in total. The molecule has 0 aromatic carbocycles. The van der Waals surface area contributed by atoms with Crippen LogP contribution in [0.1, 0.15) is 67.2 Å². The van der Waals surface area contributed by atoms with Crippen LogP contribution in [-0.2, 0) is 16.1 Å². The number of ether oxygens (including phenoxy) is 1. The third-order valence-electron chi connectivity index (χ3n) is 6.29. The van der Waals surface area contributed by atoms with Crippen molar-refractivity contribution in [2.45, 2.75) is 65.3 Å². The van der Waals surface area contributed by atoms with E-state index in [9.17, 15) is 14.4 Å². The highest BCUT2D eigenvalue weighted by Crippen LogP contribution is 2.31. The average molecular weight is 577 g/mol. The predicted octanol–water partition coefficient (Wildman–Crippen LogP) is 3.59. The summed E-state index contributed by atoms with van der Waals surface area (Å²) in [5, 5.41) is 14.1. The van der Waals surface area contributed by atoms with Crippen LogP contribution in [0.3, 0.4) is 0 Å². The summed E-state index contributed by atoms with van der Waals surface area (Å²) in [6.07, 6.45) is 1.37. The molecule has 0 bridgehead atoms. The number of rotatable bonds is 10. The number of nitrogens with one attached hydrogen (secondary N) is 2. The summed E-state index contributed by atoms with van der Waals surface area (Å²) in [5.41, 5.74) is 0.727. The Morgan fingerprint density at radius 3 is 2.54 bits per heavy atom. The van der Waals surface area contributed by atoms with E-state index in [0.717, 1.165) is 30.8 Å². The van der Waals surface area contributed by atoms with E-state index in [-0.39, 0.29) is 42.5 Å². The normalized spacial score (nSPS) is 14.6. The smallest absolute Gasteiger partial charge is 0.325 e. The molecule has 0 spiro atoms. The Hall–Kier alpha value is -3.22. The second-order valence-corrected chi connectivity index (χ2v) is 11.7. The van der Waals surface area contributed by atoms with Crippen LogP contribution in [0.5, 0.6) is 0 Å². The lowest BCUT2D eigenvalue weighted by molar-refractivity contribution is -0.146. The fourth-order valence-corrected chi connectivity index (χ4v) is 5.29. The van der Waals surface area contributed by atoms with Crippen molar-refractivity contribution in [3.05, 3.63) is 45.7 Å². The van der Waals surface area contributed by atoms with E-state index < -0.39 is 11.9 Å². The van der Waals surface area contributed by atoms with Gasteiger partial charge in [0.05, 0.1) is 21.9 Å². The van der Waals surface area contributed by atoms with Crippen LogP contribution in [0.2, 0.25) is 4.34 Å². The third-order valence-corrected chi connectivity index (χ3v) is 7.53. The molecule has 3 aromatic heterocycles. The predicted molar refractivity (Wildman–Crippen MR) is 147 cm³/mol. The molecule has 4 heterocycles. The van der Waals surface area contributed by atoms with Crippen molar-refractivity contribution in [1.29, 1.82) is 0 Å². The van der Waals surface area contributed by atoms with E-state index in [0.29, 0.717) is 21.8 Å². The number of hydrogen-bond donors (Lipinski definition) is 2. The summed E-state index contributed by atoms with van der Waals surface area (Å²) in [5.74, 6) is -0.953. The molecule has 0 saturated carbocycles. The molecule has 0 atom stereocenters. The second kappa shape index (κ2) is 12.8. The molecule has 1 saturated heterocycles. The van der Waals surface area contributed by atoms with Crippen LogP contribution < -0.4 is 10.6 Å². The van der Waals surface area contributed by atoms with Crippen molar-refractivity contribution in [3.8, 4) is 10.6 Å². The van der Waals surface area contributed by atoms with E-state index in [1.54, 1.807) is 26.0 Å². The molecule has 4 rings (SSSR count). The summed E-state index contributed by atoms with van der Waals surface area (Å²) < 4.78 is 12.6. The number of thiophene rings is 1. The van der Waals surface area contributed by atoms with Crippen LogP contribution in [0.4, 0.5) is 0 Å². The van der Waals surface area contributed by atoms with Gasteiger partial charge < -0.3 is 24.8 Å². The first-order valence-corrected chi connectivity index (χ1v) is 14.1. The first-order chi connectivity index (χ1) is 18.6. The summed E-state index contributed by atoms with van der Waals surface area (Å²) in [4.78, 5) is 41.2. The van der Waals surface area contributed by atoms with Crippen LogP contribution in [-0.4, -0.2) is 75.4 Å². The van der Waals surface area contributed by atoms with Crippen molar-refractivity contribution < 1.29 is 23.6 Å². The summed E-state index contributed by atoms with van der Waals surface area (Å²) in [7, 11) is 0. The molecular formula is C26H33ClN6O5S. The quantitative estimate of drug-likeness (QED) is 0.350. The minimum atomic E-state index is -0.595. The zero-order chi connectivity index (χ0) is 28.1. The van der Waals surface area contributed by atoms with Crippen molar-refractivity contribution in [3.63, 3.8) is 0 Å². The zero-order valence-corrected chi connectivity index (χ0v) is 24.0. The number of carbonyl (C=O) groups excluding carboxylic acids is 3. The fourth-order valence-electron chi connectivity index (χ4n) is 4.30. The monoisotopic (exact) mass is 576 g/mol. The topological polar surface area (TPSA) is 132 Å². The Kier molecular flexibility index (Phi) is 9.41. The van der Waals surface area contributed by atoms with E-state index >= 15 is 0 Å². The van der Waals surface area contributed by atoms with Crippen molar-refractivity contribution in [2.75, 3.05) is 19.6 Å². The molecule has 1 fully saturated rings. The number of amides is 2. The van der Waals surface area contributed by atoms with Gasteiger partial charge in [0, 0.05) is 37.3 Å². The maximum atomic E-state index is 13.3. The minimum absolute atomic E-state index is 0.000816. The maximum absolute atomic E-state index is 13.3. The highest BCUT2D eigenvalue weighted by atomic mass is 35.5. The van der Waals surface area contributed by atoms with Gasteiger partial charge in [-0.3, -0.25) is 19.1 Å². The molecule has 13 heteroatoms. The van der Waals surface area contributed by atoms with Gasteiger partial charge >= 0.3 is 5.97 Å². The SMILES string of the molecule is CC(C)OC(=O)CNC(=O)c1cc(C(=O)NC2CCN(C(C)C)CC2)n(Cc2cc(-c3ccc(Cl)s3)on2)n1. The largest absolute Gasteiger partial charge is 0.462 e. The van der Waals surface area contributed by atoms with Gasteiger partial charge in [-0.15, -0.1) is 11.3 Å². The number of esters is 1. The van der Waals surface area contributed by atoms with Gasteiger partial charge in [-0.05, 0) is 52.7 Å². The molecule has 3 aromatic rings. The van der Waals surface area contributed by atoms with Gasteiger partial charge in [0.15, 0.2) is 11.5 Å². The van der Waals surface area contributed by atoms with Crippen molar-refractivity contribution in [2.24, 2.45) is 0 Å². The van der Waals surface area contributed by atoms with E-state index in [1.807, 2.05) is 6.07 Å². The summed E-state index contributed by atoms with van der Waals surface area (Å²) in [6.45, 7) is 9.36. The first kappa shape index (κ1) is 28.8. The Labute approximate surface area is 235 Å². The Balaban J connectivity index is 1.50. The zero-order valence-electron chi connectivity index (χ0n) is 22.4. The van der Waals surface area contributed by atoms with Gasteiger partial charge in [0.2, 0.25) is 0 Å². The second-order valence-electron chi connectivity index (χ2n) is 9.96. The molecule has 0 radical (unpaired) electrons. The molecule has 39 heavy (non-hydrogen) atoms. The van der Waals surface area contributed by atoms with E-state index in [4.69, 9.17) is 20.9 Å². The number of nitrogens with zero attached hydrogens (tertiary/aromatic N) is 4. The number of carbonyl (C=O) groups is 3. The molecule has 2 amide bonds. The Morgan fingerprint density at radius 1 is 1.15 bits per heavy atom. The van der Waals surface area contributed by atoms with Crippen LogP contribution in [0, 0.1) is 0 Å². The molecule has 1 aliphatic rings. The average Bonchev–Trinajstić information content (AvgIpc) is 3.63. The lowest BCUT2D eigenvalue weighted by atomic mass is 10.0. The lowest BCUT2D eigenvalue weighted by Crippen LogP contribution is -2.46. The van der Waals surface area contributed by atoms with Gasteiger partial charge in [-0.25, -0.2) is 0 Å². The highest BCUT2D eigenvalue weighted by Gasteiger charge is 2.26. The molecule has 0 unspecified atom stereocenters. The molecule has 11 nitrogen and oxygen atoms in total. The Bertz CT molecular complexity index is 1310. The molecule has 0 aliphatic carbocycles. The maximum Gasteiger partial charge on any atom is 0.325 e. The molecule has 1 aliphatic heterocycles. The van der Waals surface area contributed by atoms with Gasteiger partial charge in [0.1, 0.15) is 17.9 Å². The highest BCUT2D eigenvalue weighted by molar-refractivity contribution is 7.19. The lowest BCUT2D eigenvalue weighted by Gasteiger charge is -2.34. The van der Waals surface area contributed by atoms with Gasteiger partial charge in [-0.1, -0.05) is 16.8 Å². The van der Waals surface area contributed by atoms with Crippen LogP contribution in [0.15, 0.2) is 28.8 Å². The number of likely N-dealkylation sites (tertiary alicyclic amines) is 1. The number of halogens is 1. The third kappa shape index (κ3) is 7.68. The molecular weight excluding hydrogens is 544 g/mol. The summed E-state index contributed by atoms with van der Waals surface area (Å²) >= 11 is 7.40. The summed E-state index contributed by atoms with van der Waals surface area (Å²) in [6, 6.07) is 7.24. The number of aromatic nitrogens is 3. The first-order valence-electron chi connectivity index (χ1n) is 12.9. The number of piperidine rings is 1. The van der Waals surface area contributed by atoms with Crippen molar-refractivity contribution >= 4 is 40.7 Å². The van der Waals surface area contributed by atoms with Gasteiger partial charge in [-0.2, -0.15) is 5.10 Å².